The van der Waals surface area contributed by atoms with E-state index in [9.17, 15) is 9.59 Å². The van der Waals surface area contributed by atoms with Crippen molar-refractivity contribution in [2.24, 2.45) is 0 Å². The Hall–Kier alpha value is -2.31. The number of rotatable bonds is 8. The summed E-state index contributed by atoms with van der Waals surface area (Å²) in [5, 5.41) is 3.18. The third-order valence-electron chi connectivity index (χ3n) is 4.05. The molecule has 0 unspecified atom stereocenters. The third kappa shape index (κ3) is 4.65. The lowest BCUT2D eigenvalue weighted by atomic mass is 9.96. The van der Waals surface area contributed by atoms with Crippen molar-refractivity contribution in [3.8, 4) is 0 Å². The average Bonchev–Trinajstić information content (AvgIpc) is 2.60. The van der Waals surface area contributed by atoms with Gasteiger partial charge in [0.25, 0.3) is 0 Å². The quantitative estimate of drug-likeness (QED) is 0.678. The van der Waals surface area contributed by atoms with Gasteiger partial charge in [0.2, 0.25) is 0 Å². The van der Waals surface area contributed by atoms with Gasteiger partial charge in [0.15, 0.2) is 5.78 Å². The van der Waals surface area contributed by atoms with Crippen LogP contribution in [0, 0.1) is 5.82 Å². The Labute approximate surface area is 158 Å². The molecule has 0 aliphatic heterocycles. The van der Waals surface area contributed by atoms with Crippen molar-refractivity contribution >= 4 is 29.0 Å². The molecule has 2 aromatic rings. The van der Waals surface area contributed by atoms with Gasteiger partial charge in [-0.25, -0.2) is 9.37 Å². The molecule has 0 spiro atoms. The molecule has 0 amide bonds. The monoisotopic (exact) mass is 379 g/mol. The van der Waals surface area contributed by atoms with Crippen molar-refractivity contribution in [3.05, 3.63) is 58.0 Å². The number of nitrogens with one attached hydrogen (secondary N) is 1. The van der Waals surface area contributed by atoms with Crippen molar-refractivity contribution in [1.29, 1.82) is 0 Å². The molecule has 0 aliphatic rings. The summed E-state index contributed by atoms with van der Waals surface area (Å²) in [6, 6.07) is 5.69. The number of pyridine rings is 1. The van der Waals surface area contributed by atoms with Crippen LogP contribution < -0.4 is 11.1 Å². The standard InChI is InChI=1S/C19H21ClFN3O2.H2/c1-3-15(23-9-8-11(2)25)13-5-6-14(20)17(18(13)21)19(26)12-4-7-16(22)24-10-12;/h4-7,10,15,23H,3,8-9H2,1-2H3,(H2,22,24);1H/t15-;/m1./s1. The van der Waals surface area contributed by atoms with E-state index in [1.165, 1.54) is 31.3 Å². The first kappa shape index (κ1) is 20.0. The van der Waals surface area contributed by atoms with Crippen molar-refractivity contribution in [2.45, 2.75) is 32.7 Å². The number of halogens is 2. The number of carbonyl (C=O) groups is 2. The molecule has 140 valence electrons. The molecule has 0 aliphatic carbocycles. The zero-order valence-corrected chi connectivity index (χ0v) is 15.4. The van der Waals surface area contributed by atoms with Crippen LogP contribution in [0.15, 0.2) is 30.5 Å². The van der Waals surface area contributed by atoms with Crippen LogP contribution in [0.25, 0.3) is 0 Å². The Morgan fingerprint density at radius 3 is 2.65 bits per heavy atom. The normalized spacial score (nSPS) is 12.0. The molecular weight excluding hydrogens is 357 g/mol. The van der Waals surface area contributed by atoms with Gasteiger partial charge in [-0.05, 0) is 31.5 Å². The van der Waals surface area contributed by atoms with E-state index in [-0.39, 0.29) is 35.2 Å². The van der Waals surface area contributed by atoms with Crippen LogP contribution in [0.2, 0.25) is 5.02 Å². The molecule has 0 saturated carbocycles. The van der Waals surface area contributed by atoms with Crippen LogP contribution in [0.4, 0.5) is 10.2 Å². The highest BCUT2D eigenvalue weighted by Crippen LogP contribution is 2.29. The van der Waals surface area contributed by atoms with Crippen LogP contribution >= 0.6 is 11.6 Å². The molecular formula is C19H23ClFN3O2. The summed E-state index contributed by atoms with van der Waals surface area (Å²) in [6.07, 6.45) is 2.24. The van der Waals surface area contributed by atoms with Gasteiger partial charge in [-0.15, -0.1) is 0 Å². The predicted octanol–water partition coefficient (Wildman–Crippen LogP) is 3.95. The third-order valence-corrected chi connectivity index (χ3v) is 4.36. The second-order valence-corrected chi connectivity index (χ2v) is 6.40. The van der Waals surface area contributed by atoms with Gasteiger partial charge in [-0.3, -0.25) is 9.59 Å². The molecule has 7 heteroatoms. The van der Waals surface area contributed by atoms with E-state index in [2.05, 4.69) is 10.3 Å². The smallest absolute Gasteiger partial charge is 0.199 e. The van der Waals surface area contributed by atoms with E-state index in [1.807, 2.05) is 6.92 Å². The number of carbonyl (C=O) groups excluding carboxylic acids is 2. The molecule has 26 heavy (non-hydrogen) atoms. The molecule has 0 fully saturated rings. The number of Topliss-reactive ketones (excluding diaryl/α,β-unsaturated/α-hetero) is 1. The fourth-order valence-corrected chi connectivity index (χ4v) is 2.86. The van der Waals surface area contributed by atoms with Gasteiger partial charge in [-0.1, -0.05) is 24.6 Å². The summed E-state index contributed by atoms with van der Waals surface area (Å²) in [6.45, 7) is 3.83. The number of hydrogen-bond donors (Lipinski definition) is 2. The molecule has 0 radical (unpaired) electrons. The number of nitrogens with zero attached hydrogens (tertiary/aromatic N) is 1. The molecule has 1 atom stereocenters. The maximum atomic E-state index is 15.1. The maximum absolute atomic E-state index is 15.1. The highest BCUT2D eigenvalue weighted by atomic mass is 35.5. The predicted molar refractivity (Wildman–Crippen MR) is 102 cm³/mol. The number of hydrogen-bond acceptors (Lipinski definition) is 5. The van der Waals surface area contributed by atoms with Crippen molar-refractivity contribution in [1.82, 2.24) is 10.3 Å². The minimum atomic E-state index is -0.665. The SMILES string of the molecule is CC[C@@H](NCCC(C)=O)c1ccc(Cl)c(C(=O)c2ccc(N)nc2)c1F.[HH]. The summed E-state index contributed by atoms with van der Waals surface area (Å²) in [5.41, 5.74) is 5.87. The first-order chi connectivity index (χ1) is 12.3. The van der Waals surface area contributed by atoms with Crippen LogP contribution in [0.3, 0.4) is 0 Å². The number of nitrogen functional groups attached to an aromatic ring is 1. The summed E-state index contributed by atoms with van der Waals surface area (Å²) in [4.78, 5) is 27.7. The highest BCUT2D eigenvalue weighted by Gasteiger charge is 2.24. The Morgan fingerprint density at radius 1 is 1.35 bits per heavy atom. The maximum Gasteiger partial charge on any atom is 0.199 e. The van der Waals surface area contributed by atoms with E-state index in [4.69, 9.17) is 17.3 Å². The van der Waals surface area contributed by atoms with Crippen molar-refractivity contribution in [2.75, 3.05) is 12.3 Å². The van der Waals surface area contributed by atoms with Gasteiger partial charge in [-0.2, -0.15) is 0 Å². The second-order valence-electron chi connectivity index (χ2n) is 5.99. The fourth-order valence-electron chi connectivity index (χ4n) is 2.63. The van der Waals surface area contributed by atoms with Crippen molar-refractivity contribution < 1.29 is 15.4 Å². The molecule has 1 heterocycles. The minimum Gasteiger partial charge on any atom is -0.384 e. The number of ketones is 2. The van der Waals surface area contributed by atoms with Gasteiger partial charge in [0, 0.05) is 37.8 Å². The Morgan fingerprint density at radius 2 is 2.08 bits per heavy atom. The number of anilines is 1. The number of nitrogens with two attached hydrogens (primary N) is 1. The molecule has 3 N–H and O–H groups in total. The first-order valence-corrected chi connectivity index (χ1v) is 8.69. The van der Waals surface area contributed by atoms with E-state index >= 15 is 4.39 Å². The van der Waals surface area contributed by atoms with Gasteiger partial charge >= 0.3 is 0 Å². The molecule has 0 bridgehead atoms. The summed E-state index contributed by atoms with van der Waals surface area (Å²) >= 11 is 6.10. The Kier molecular flexibility index (Phi) is 6.83. The van der Waals surface area contributed by atoms with Crippen LogP contribution in [0.5, 0.6) is 0 Å². The van der Waals surface area contributed by atoms with Crippen LogP contribution in [-0.2, 0) is 4.79 Å². The lowest BCUT2D eigenvalue weighted by Crippen LogP contribution is -2.25. The van der Waals surface area contributed by atoms with Gasteiger partial charge in [0.1, 0.15) is 17.4 Å². The highest BCUT2D eigenvalue weighted by molar-refractivity contribution is 6.35. The summed E-state index contributed by atoms with van der Waals surface area (Å²) < 4.78 is 15.1. The van der Waals surface area contributed by atoms with Crippen molar-refractivity contribution in [3.63, 3.8) is 0 Å². The van der Waals surface area contributed by atoms with Crippen LogP contribution in [0.1, 0.15) is 55.6 Å². The molecule has 1 aromatic heterocycles. The fraction of sp³-hybridized carbons (Fsp3) is 0.316. The summed E-state index contributed by atoms with van der Waals surface area (Å²) in [5.74, 6) is -0.903. The molecule has 0 saturated heterocycles. The minimum absolute atomic E-state index is 0. The average molecular weight is 380 g/mol. The van der Waals surface area contributed by atoms with Crippen LogP contribution in [-0.4, -0.2) is 23.1 Å². The Balaban J connectivity index is 0.00000364. The van der Waals surface area contributed by atoms with Gasteiger partial charge in [0.05, 0.1) is 10.6 Å². The van der Waals surface area contributed by atoms with E-state index in [1.54, 1.807) is 6.07 Å². The Bertz CT molecular complexity index is 815. The summed E-state index contributed by atoms with van der Waals surface area (Å²) in [7, 11) is 0. The lowest BCUT2D eigenvalue weighted by Gasteiger charge is -2.19. The zero-order chi connectivity index (χ0) is 19.3. The zero-order valence-electron chi connectivity index (χ0n) is 14.7. The number of aromatic nitrogens is 1. The van der Waals surface area contributed by atoms with E-state index in [0.717, 1.165) is 0 Å². The largest absolute Gasteiger partial charge is 0.384 e. The lowest BCUT2D eigenvalue weighted by molar-refractivity contribution is -0.116. The topological polar surface area (TPSA) is 85.1 Å². The molecule has 5 nitrogen and oxygen atoms in total. The molecule has 2 rings (SSSR count). The second kappa shape index (κ2) is 8.87. The van der Waals surface area contributed by atoms with E-state index < -0.39 is 11.6 Å². The number of benzene rings is 1. The van der Waals surface area contributed by atoms with E-state index in [0.29, 0.717) is 24.9 Å². The molecule has 1 aromatic carbocycles. The van der Waals surface area contributed by atoms with Gasteiger partial charge < -0.3 is 11.1 Å². The first-order valence-electron chi connectivity index (χ1n) is 8.32.